The van der Waals surface area contributed by atoms with Crippen LogP contribution < -0.4 is 10.6 Å². The first-order valence-electron chi connectivity index (χ1n) is 7.88. The van der Waals surface area contributed by atoms with Gasteiger partial charge in [0.2, 0.25) is 0 Å². The average molecular weight is 279 g/mol. The van der Waals surface area contributed by atoms with Gasteiger partial charge in [-0.25, -0.2) is 0 Å². The van der Waals surface area contributed by atoms with E-state index in [0.29, 0.717) is 6.04 Å². The summed E-state index contributed by atoms with van der Waals surface area (Å²) in [5.41, 5.74) is 0. The van der Waals surface area contributed by atoms with E-state index in [4.69, 9.17) is 0 Å². The van der Waals surface area contributed by atoms with Crippen molar-refractivity contribution in [3.8, 4) is 0 Å². The first-order valence-corrected chi connectivity index (χ1v) is 7.88. The van der Waals surface area contributed by atoms with Gasteiger partial charge in [0.25, 0.3) is 0 Å². The standard InChI is InChI=1S/C15H29N5/c1-3-19-10-12-20(13-11-19)9-8-17-15(16-2)18-14-6-4-5-7-14/h4-5,14H,3,6-13H2,1-2H3,(H2,16,17,18). The van der Waals surface area contributed by atoms with Gasteiger partial charge in [-0.05, 0) is 19.4 Å². The number of guanidine groups is 1. The van der Waals surface area contributed by atoms with Crippen LogP contribution in [0.2, 0.25) is 0 Å². The minimum Gasteiger partial charge on any atom is -0.355 e. The van der Waals surface area contributed by atoms with E-state index >= 15 is 0 Å². The Hall–Kier alpha value is -1.07. The fourth-order valence-corrected chi connectivity index (χ4v) is 2.78. The number of aliphatic imine (C=N–C) groups is 1. The summed E-state index contributed by atoms with van der Waals surface area (Å²) < 4.78 is 0. The first kappa shape index (κ1) is 15.3. The van der Waals surface area contributed by atoms with Gasteiger partial charge in [0.05, 0.1) is 0 Å². The number of likely N-dealkylation sites (N-methyl/N-ethyl adjacent to an activating group) is 1. The summed E-state index contributed by atoms with van der Waals surface area (Å²) in [4.78, 5) is 9.34. The molecule has 114 valence electrons. The first-order chi connectivity index (χ1) is 9.81. The molecular formula is C15H29N5. The van der Waals surface area contributed by atoms with Crippen molar-refractivity contribution >= 4 is 5.96 Å². The van der Waals surface area contributed by atoms with Gasteiger partial charge in [0.1, 0.15) is 0 Å². The maximum atomic E-state index is 4.30. The van der Waals surface area contributed by atoms with Crippen LogP contribution in [0.1, 0.15) is 19.8 Å². The van der Waals surface area contributed by atoms with E-state index in [0.717, 1.165) is 31.9 Å². The number of nitrogens with one attached hydrogen (secondary N) is 2. The summed E-state index contributed by atoms with van der Waals surface area (Å²) in [6.45, 7) is 10.3. The van der Waals surface area contributed by atoms with Crippen molar-refractivity contribution in [1.29, 1.82) is 0 Å². The summed E-state index contributed by atoms with van der Waals surface area (Å²) in [7, 11) is 1.84. The number of rotatable bonds is 5. The lowest BCUT2D eigenvalue weighted by Gasteiger charge is -2.34. The Morgan fingerprint density at radius 3 is 2.40 bits per heavy atom. The predicted molar refractivity (Wildman–Crippen MR) is 85.2 cm³/mol. The fourth-order valence-electron chi connectivity index (χ4n) is 2.78. The molecule has 20 heavy (non-hydrogen) atoms. The topological polar surface area (TPSA) is 42.9 Å². The molecule has 0 atom stereocenters. The molecule has 5 nitrogen and oxygen atoms in total. The van der Waals surface area contributed by atoms with Crippen LogP contribution in [0.3, 0.4) is 0 Å². The van der Waals surface area contributed by atoms with E-state index in [1.54, 1.807) is 0 Å². The highest BCUT2D eigenvalue weighted by Crippen LogP contribution is 2.08. The van der Waals surface area contributed by atoms with E-state index in [9.17, 15) is 0 Å². The minimum atomic E-state index is 0.522. The molecule has 2 rings (SSSR count). The van der Waals surface area contributed by atoms with Gasteiger partial charge in [-0.15, -0.1) is 0 Å². The molecule has 0 saturated carbocycles. The normalized spacial score (nSPS) is 22.4. The quantitative estimate of drug-likeness (QED) is 0.437. The van der Waals surface area contributed by atoms with Crippen molar-refractivity contribution in [3.05, 3.63) is 12.2 Å². The molecule has 1 aliphatic carbocycles. The third-order valence-corrected chi connectivity index (χ3v) is 4.20. The Bertz CT molecular complexity index is 323. The fraction of sp³-hybridized carbons (Fsp3) is 0.800. The lowest BCUT2D eigenvalue weighted by molar-refractivity contribution is 0.139. The number of piperazine rings is 1. The molecule has 0 amide bonds. The Labute approximate surface area is 123 Å². The lowest BCUT2D eigenvalue weighted by atomic mass is 10.2. The summed E-state index contributed by atoms with van der Waals surface area (Å²) in [5.74, 6) is 0.936. The molecule has 0 aromatic heterocycles. The molecule has 0 spiro atoms. The van der Waals surface area contributed by atoms with Crippen molar-refractivity contribution < 1.29 is 0 Å². The van der Waals surface area contributed by atoms with Gasteiger partial charge >= 0.3 is 0 Å². The molecule has 0 aromatic rings. The van der Waals surface area contributed by atoms with Gasteiger partial charge in [0.15, 0.2) is 5.96 Å². The van der Waals surface area contributed by atoms with Crippen LogP contribution in [-0.4, -0.2) is 74.7 Å². The second kappa shape index (κ2) is 8.27. The maximum Gasteiger partial charge on any atom is 0.191 e. The molecule has 0 aromatic carbocycles. The van der Waals surface area contributed by atoms with E-state index < -0.39 is 0 Å². The molecular weight excluding hydrogens is 250 g/mol. The highest BCUT2D eigenvalue weighted by Gasteiger charge is 2.15. The lowest BCUT2D eigenvalue weighted by Crippen LogP contribution is -2.49. The third kappa shape index (κ3) is 4.80. The molecule has 5 heteroatoms. The third-order valence-electron chi connectivity index (χ3n) is 4.20. The van der Waals surface area contributed by atoms with Gasteiger partial charge in [-0.1, -0.05) is 19.1 Å². The van der Waals surface area contributed by atoms with Crippen LogP contribution in [0.5, 0.6) is 0 Å². The molecule has 0 bridgehead atoms. The van der Waals surface area contributed by atoms with Gasteiger partial charge in [-0.3, -0.25) is 9.89 Å². The number of nitrogens with zero attached hydrogens (tertiary/aromatic N) is 3. The molecule has 0 unspecified atom stereocenters. The molecule has 2 N–H and O–H groups in total. The van der Waals surface area contributed by atoms with Gasteiger partial charge in [0, 0.05) is 52.4 Å². The van der Waals surface area contributed by atoms with Crippen molar-refractivity contribution in [3.63, 3.8) is 0 Å². The summed E-state index contributed by atoms with van der Waals surface area (Å²) in [6, 6.07) is 0.522. The van der Waals surface area contributed by atoms with Crippen LogP contribution in [0.25, 0.3) is 0 Å². The van der Waals surface area contributed by atoms with Crippen molar-refractivity contribution in [2.75, 3.05) is 52.9 Å². The van der Waals surface area contributed by atoms with E-state index in [2.05, 4.69) is 44.5 Å². The van der Waals surface area contributed by atoms with Crippen LogP contribution in [-0.2, 0) is 0 Å². The van der Waals surface area contributed by atoms with Crippen LogP contribution >= 0.6 is 0 Å². The maximum absolute atomic E-state index is 4.30. The molecule has 0 radical (unpaired) electrons. The van der Waals surface area contributed by atoms with Crippen LogP contribution in [0.4, 0.5) is 0 Å². The van der Waals surface area contributed by atoms with Gasteiger partial charge in [-0.2, -0.15) is 0 Å². The Morgan fingerprint density at radius 2 is 1.80 bits per heavy atom. The Balaban J connectivity index is 1.59. The Morgan fingerprint density at radius 1 is 1.15 bits per heavy atom. The SMILES string of the molecule is CCN1CCN(CCNC(=NC)NC2CC=CC2)CC1. The number of hydrogen-bond donors (Lipinski definition) is 2. The predicted octanol–water partition coefficient (Wildman–Crippen LogP) is 0.508. The van der Waals surface area contributed by atoms with E-state index in [1.165, 1.54) is 32.7 Å². The highest BCUT2D eigenvalue weighted by molar-refractivity contribution is 5.80. The zero-order valence-electron chi connectivity index (χ0n) is 12.9. The monoisotopic (exact) mass is 279 g/mol. The molecule has 1 fully saturated rings. The summed E-state index contributed by atoms with van der Waals surface area (Å²) in [5, 5.41) is 6.89. The average Bonchev–Trinajstić information content (AvgIpc) is 3.00. The zero-order valence-corrected chi connectivity index (χ0v) is 12.9. The van der Waals surface area contributed by atoms with Crippen LogP contribution in [0, 0.1) is 0 Å². The van der Waals surface area contributed by atoms with Crippen LogP contribution in [0.15, 0.2) is 17.1 Å². The second-order valence-corrected chi connectivity index (χ2v) is 5.56. The molecule has 1 saturated heterocycles. The minimum absolute atomic E-state index is 0.522. The smallest absolute Gasteiger partial charge is 0.191 e. The number of hydrogen-bond acceptors (Lipinski definition) is 3. The summed E-state index contributed by atoms with van der Waals surface area (Å²) in [6.07, 6.45) is 6.69. The van der Waals surface area contributed by atoms with Crippen molar-refractivity contribution in [2.24, 2.45) is 4.99 Å². The zero-order chi connectivity index (χ0) is 14.2. The second-order valence-electron chi connectivity index (χ2n) is 5.56. The molecule has 1 aliphatic heterocycles. The van der Waals surface area contributed by atoms with E-state index in [1.807, 2.05) is 7.05 Å². The highest BCUT2D eigenvalue weighted by atomic mass is 15.3. The van der Waals surface area contributed by atoms with Crippen molar-refractivity contribution in [1.82, 2.24) is 20.4 Å². The molecule has 2 aliphatic rings. The Kier molecular flexibility index (Phi) is 6.33. The van der Waals surface area contributed by atoms with Crippen molar-refractivity contribution in [2.45, 2.75) is 25.8 Å². The largest absolute Gasteiger partial charge is 0.355 e. The van der Waals surface area contributed by atoms with Gasteiger partial charge < -0.3 is 15.5 Å². The summed E-state index contributed by atoms with van der Waals surface area (Å²) >= 11 is 0. The molecule has 1 heterocycles. The van der Waals surface area contributed by atoms with E-state index in [-0.39, 0.29) is 0 Å².